The van der Waals surface area contributed by atoms with E-state index in [2.05, 4.69) is 36.2 Å². The highest BCUT2D eigenvalue weighted by atomic mass is 28.4. The lowest BCUT2D eigenvalue weighted by Gasteiger charge is -2.32. The molecule has 0 N–H and O–H groups in total. The zero-order valence-corrected chi connectivity index (χ0v) is 12.3. The van der Waals surface area contributed by atoms with Crippen LogP contribution < -0.4 is 0 Å². The molecule has 0 aromatic heterocycles. The molecule has 0 aliphatic carbocycles. The first kappa shape index (κ1) is 15.2. The van der Waals surface area contributed by atoms with Crippen LogP contribution in [0.15, 0.2) is 0 Å². The largest absolute Gasteiger partial charge is 0.459 e. The second kappa shape index (κ2) is 5.51. The van der Waals surface area contributed by atoms with Crippen molar-refractivity contribution in [2.45, 2.75) is 46.5 Å². The van der Waals surface area contributed by atoms with Crippen LogP contribution in [0.2, 0.25) is 19.6 Å². The van der Waals surface area contributed by atoms with Crippen molar-refractivity contribution in [3.8, 4) is 11.8 Å². The van der Waals surface area contributed by atoms with Crippen LogP contribution >= 0.6 is 0 Å². The van der Waals surface area contributed by atoms with Crippen LogP contribution in [0.25, 0.3) is 0 Å². The molecule has 0 spiro atoms. The molecule has 0 rings (SSSR count). The summed E-state index contributed by atoms with van der Waals surface area (Å²) in [4.78, 5) is 11.0. The van der Waals surface area contributed by atoms with Gasteiger partial charge in [0.15, 0.2) is 8.32 Å². The van der Waals surface area contributed by atoms with E-state index >= 15 is 0 Å². The fourth-order valence-corrected chi connectivity index (χ4v) is 2.07. The quantitative estimate of drug-likeness (QED) is 0.323. The van der Waals surface area contributed by atoms with Gasteiger partial charge in [0, 0.05) is 5.92 Å². The van der Waals surface area contributed by atoms with E-state index in [9.17, 15) is 4.79 Å². The Morgan fingerprint density at radius 3 is 2.06 bits per heavy atom. The highest BCUT2D eigenvalue weighted by Gasteiger charge is 2.29. The molecule has 0 saturated heterocycles. The fraction of sp³-hybridized carbons (Fsp3) is 0.750. The van der Waals surface area contributed by atoms with Crippen molar-refractivity contribution < 1.29 is 14.0 Å². The Balaban J connectivity index is 4.82. The first-order valence-electron chi connectivity index (χ1n) is 5.33. The third-order valence-electron chi connectivity index (χ3n) is 1.75. The predicted octanol–water partition coefficient (Wildman–Crippen LogP) is 2.43. The van der Waals surface area contributed by atoms with Gasteiger partial charge in [0.2, 0.25) is 0 Å². The fourth-order valence-electron chi connectivity index (χ4n) is 0.952. The maximum absolute atomic E-state index is 11.0. The minimum Gasteiger partial charge on any atom is -0.459 e. The number of hydrogen-bond donors (Lipinski definition) is 0. The average Bonchev–Trinajstić information content (AvgIpc) is 2.08. The molecule has 0 radical (unpaired) electrons. The second-order valence-electron chi connectivity index (χ2n) is 5.74. The average molecular weight is 242 g/mol. The molecule has 0 aromatic rings. The number of esters is 1. The van der Waals surface area contributed by atoms with E-state index in [1.54, 1.807) is 0 Å². The molecule has 16 heavy (non-hydrogen) atoms. The summed E-state index contributed by atoms with van der Waals surface area (Å²) in [6.45, 7) is 12.4. The van der Waals surface area contributed by atoms with Crippen molar-refractivity contribution in [1.29, 1.82) is 0 Å². The Hall–Kier alpha value is -0.793. The molecule has 1 unspecified atom stereocenters. The van der Waals surface area contributed by atoms with Crippen molar-refractivity contribution in [2.24, 2.45) is 5.41 Å². The van der Waals surface area contributed by atoms with Gasteiger partial charge < -0.3 is 9.16 Å². The van der Waals surface area contributed by atoms with Gasteiger partial charge >= 0.3 is 5.97 Å². The van der Waals surface area contributed by atoms with Crippen molar-refractivity contribution in [2.75, 3.05) is 7.11 Å². The van der Waals surface area contributed by atoms with Gasteiger partial charge in [0.1, 0.15) is 6.10 Å². The van der Waals surface area contributed by atoms with Gasteiger partial charge in [-0.25, -0.2) is 4.79 Å². The molecule has 0 aromatic carbocycles. The number of rotatable bonds is 2. The van der Waals surface area contributed by atoms with E-state index in [0.29, 0.717) is 0 Å². The molecule has 1 atom stereocenters. The first-order chi connectivity index (χ1) is 7.06. The number of hydrogen-bond acceptors (Lipinski definition) is 3. The molecular weight excluding hydrogens is 220 g/mol. The Kier molecular flexibility index (Phi) is 5.24. The van der Waals surface area contributed by atoms with Crippen molar-refractivity contribution in [3.63, 3.8) is 0 Å². The monoisotopic (exact) mass is 242 g/mol. The van der Waals surface area contributed by atoms with Crippen LogP contribution in [0.3, 0.4) is 0 Å². The lowest BCUT2D eigenvalue weighted by atomic mass is 9.89. The molecule has 92 valence electrons. The molecule has 0 fully saturated rings. The summed E-state index contributed by atoms with van der Waals surface area (Å²) in [5.74, 6) is 4.78. The highest BCUT2D eigenvalue weighted by Crippen LogP contribution is 2.24. The SMILES string of the molecule is COC(=O)C#CC(O[Si](C)(C)C)C(C)(C)C. The Morgan fingerprint density at radius 1 is 1.25 bits per heavy atom. The van der Waals surface area contributed by atoms with Gasteiger partial charge in [-0.05, 0) is 25.1 Å². The summed E-state index contributed by atoms with van der Waals surface area (Å²) in [7, 11) is -0.345. The Morgan fingerprint density at radius 2 is 1.75 bits per heavy atom. The minimum absolute atomic E-state index is 0.110. The van der Waals surface area contributed by atoms with Gasteiger partial charge in [0.05, 0.1) is 7.11 Å². The number of carbonyl (C=O) groups excluding carboxylic acids is 1. The van der Waals surface area contributed by atoms with E-state index in [4.69, 9.17) is 4.43 Å². The van der Waals surface area contributed by atoms with Crippen LogP contribution in [0.4, 0.5) is 0 Å². The van der Waals surface area contributed by atoms with Crippen LogP contribution in [-0.4, -0.2) is 27.5 Å². The van der Waals surface area contributed by atoms with Gasteiger partial charge in [-0.1, -0.05) is 26.7 Å². The molecular formula is C12H22O3Si. The molecule has 0 aliphatic rings. The maximum atomic E-state index is 11.0. The molecule has 4 heteroatoms. The topological polar surface area (TPSA) is 35.5 Å². The normalized spacial score (nSPS) is 13.7. The first-order valence-corrected chi connectivity index (χ1v) is 8.74. The molecule has 3 nitrogen and oxygen atoms in total. The summed E-state index contributed by atoms with van der Waals surface area (Å²) in [5.41, 5.74) is -0.110. The van der Waals surface area contributed by atoms with E-state index < -0.39 is 14.3 Å². The van der Waals surface area contributed by atoms with Crippen molar-refractivity contribution >= 4 is 14.3 Å². The maximum Gasteiger partial charge on any atom is 0.384 e. The molecule has 0 amide bonds. The highest BCUT2D eigenvalue weighted by molar-refractivity contribution is 6.69. The lowest BCUT2D eigenvalue weighted by Crippen LogP contribution is -2.38. The third kappa shape index (κ3) is 6.65. The zero-order chi connectivity index (χ0) is 13.0. The van der Waals surface area contributed by atoms with Crippen molar-refractivity contribution in [1.82, 2.24) is 0 Å². The number of methoxy groups -OCH3 is 1. The van der Waals surface area contributed by atoms with E-state index in [0.717, 1.165) is 0 Å². The van der Waals surface area contributed by atoms with E-state index in [1.165, 1.54) is 7.11 Å². The smallest absolute Gasteiger partial charge is 0.384 e. The lowest BCUT2D eigenvalue weighted by molar-refractivity contribution is -0.133. The third-order valence-corrected chi connectivity index (χ3v) is 2.69. The number of ether oxygens (including phenoxy) is 1. The second-order valence-corrected chi connectivity index (χ2v) is 10.2. The minimum atomic E-state index is -1.67. The Labute approximate surface area is 99.6 Å². The summed E-state index contributed by atoms with van der Waals surface area (Å²) >= 11 is 0. The van der Waals surface area contributed by atoms with Crippen LogP contribution in [0, 0.1) is 17.3 Å². The van der Waals surface area contributed by atoms with Gasteiger partial charge in [-0.15, -0.1) is 0 Å². The molecule has 0 heterocycles. The predicted molar refractivity (Wildman–Crippen MR) is 67.5 cm³/mol. The van der Waals surface area contributed by atoms with E-state index in [-0.39, 0.29) is 11.5 Å². The Bertz CT molecular complexity index is 299. The zero-order valence-electron chi connectivity index (χ0n) is 11.3. The van der Waals surface area contributed by atoms with Gasteiger partial charge in [-0.3, -0.25) is 0 Å². The van der Waals surface area contributed by atoms with Crippen LogP contribution in [0.5, 0.6) is 0 Å². The molecule has 0 saturated carbocycles. The van der Waals surface area contributed by atoms with Crippen molar-refractivity contribution in [3.05, 3.63) is 0 Å². The van der Waals surface area contributed by atoms with Crippen LogP contribution in [0.1, 0.15) is 20.8 Å². The number of carbonyl (C=O) groups is 1. The molecule has 0 aliphatic heterocycles. The molecule has 0 bridgehead atoms. The standard InChI is InChI=1S/C12H22O3Si/c1-12(2,3)10(15-16(5,6)7)8-9-11(13)14-4/h10H,1-7H3. The summed E-state index contributed by atoms with van der Waals surface area (Å²) < 4.78 is 10.4. The van der Waals surface area contributed by atoms with Gasteiger partial charge in [0.25, 0.3) is 0 Å². The van der Waals surface area contributed by atoms with Gasteiger partial charge in [-0.2, -0.15) is 0 Å². The summed E-state index contributed by atoms with van der Waals surface area (Å²) in [5, 5.41) is 0. The summed E-state index contributed by atoms with van der Waals surface area (Å²) in [6.07, 6.45) is -0.238. The summed E-state index contributed by atoms with van der Waals surface area (Å²) in [6, 6.07) is 0. The van der Waals surface area contributed by atoms with Crippen LogP contribution in [-0.2, 0) is 14.0 Å². The van der Waals surface area contributed by atoms with E-state index in [1.807, 2.05) is 20.8 Å².